The van der Waals surface area contributed by atoms with Gasteiger partial charge in [-0.3, -0.25) is 4.79 Å². The number of benzene rings is 2. The molecule has 1 amide bonds. The van der Waals surface area contributed by atoms with Crippen LogP contribution < -0.4 is 5.32 Å². The first-order valence-corrected chi connectivity index (χ1v) is 8.73. The number of amides is 1. The summed E-state index contributed by atoms with van der Waals surface area (Å²) in [6.45, 7) is 6.13. The first kappa shape index (κ1) is 17.7. The standard InChI is InChI=1S/C23H23NO2/c1-16-11-12-17(2)21(14-16)18(3)24-23(25)22(15-20-10-7-13-26-20)19-8-5-4-6-9-19/h4-15,18H,1-3H3,(H,24,25)/b22-15+. The zero-order valence-electron chi connectivity index (χ0n) is 15.3. The zero-order valence-corrected chi connectivity index (χ0v) is 15.3. The van der Waals surface area contributed by atoms with Crippen LogP contribution in [0.5, 0.6) is 0 Å². The van der Waals surface area contributed by atoms with Crippen LogP contribution in [0, 0.1) is 13.8 Å². The van der Waals surface area contributed by atoms with Crippen LogP contribution in [0.25, 0.3) is 11.6 Å². The largest absolute Gasteiger partial charge is 0.465 e. The van der Waals surface area contributed by atoms with E-state index in [-0.39, 0.29) is 11.9 Å². The van der Waals surface area contributed by atoms with Crippen molar-refractivity contribution in [3.63, 3.8) is 0 Å². The van der Waals surface area contributed by atoms with E-state index in [1.165, 1.54) is 11.1 Å². The molecule has 2 aromatic carbocycles. The highest BCUT2D eigenvalue weighted by atomic mass is 16.3. The van der Waals surface area contributed by atoms with Crippen LogP contribution in [0.4, 0.5) is 0 Å². The molecule has 3 heteroatoms. The van der Waals surface area contributed by atoms with Crippen molar-refractivity contribution < 1.29 is 9.21 Å². The van der Waals surface area contributed by atoms with Crippen molar-refractivity contribution in [3.8, 4) is 0 Å². The fourth-order valence-corrected chi connectivity index (χ4v) is 2.99. The molecular weight excluding hydrogens is 322 g/mol. The van der Waals surface area contributed by atoms with Crippen LogP contribution >= 0.6 is 0 Å². The Bertz CT molecular complexity index is 909. The van der Waals surface area contributed by atoms with Gasteiger partial charge >= 0.3 is 0 Å². The number of carbonyl (C=O) groups is 1. The van der Waals surface area contributed by atoms with E-state index >= 15 is 0 Å². The molecule has 1 aromatic heterocycles. The highest BCUT2D eigenvalue weighted by Gasteiger charge is 2.17. The third-order valence-corrected chi connectivity index (χ3v) is 4.41. The predicted molar refractivity (Wildman–Crippen MR) is 105 cm³/mol. The normalized spacial score (nSPS) is 12.7. The molecule has 0 spiro atoms. The van der Waals surface area contributed by atoms with E-state index < -0.39 is 0 Å². The molecule has 132 valence electrons. The molecule has 0 aliphatic heterocycles. The molecule has 0 bridgehead atoms. The molecule has 3 nitrogen and oxygen atoms in total. The summed E-state index contributed by atoms with van der Waals surface area (Å²) in [6, 6.07) is 19.5. The highest BCUT2D eigenvalue weighted by Crippen LogP contribution is 2.23. The van der Waals surface area contributed by atoms with Gasteiger partial charge in [0.1, 0.15) is 5.76 Å². The Kier molecular flexibility index (Phi) is 5.37. The monoisotopic (exact) mass is 345 g/mol. The minimum atomic E-state index is -0.124. The van der Waals surface area contributed by atoms with E-state index in [1.54, 1.807) is 12.3 Å². The molecule has 0 saturated heterocycles. The molecule has 0 radical (unpaired) electrons. The third kappa shape index (κ3) is 4.12. The summed E-state index contributed by atoms with van der Waals surface area (Å²) in [5.41, 5.74) is 4.91. The lowest BCUT2D eigenvalue weighted by Crippen LogP contribution is -2.28. The van der Waals surface area contributed by atoms with E-state index in [0.717, 1.165) is 11.1 Å². The van der Waals surface area contributed by atoms with Gasteiger partial charge in [0.25, 0.3) is 5.91 Å². The minimum absolute atomic E-state index is 0.0916. The zero-order chi connectivity index (χ0) is 18.5. The molecule has 1 heterocycles. The van der Waals surface area contributed by atoms with Crippen LogP contribution in [-0.2, 0) is 4.79 Å². The predicted octanol–water partition coefficient (Wildman–Crippen LogP) is 5.31. The second-order valence-electron chi connectivity index (χ2n) is 6.49. The van der Waals surface area contributed by atoms with Gasteiger partial charge in [-0.25, -0.2) is 0 Å². The summed E-state index contributed by atoms with van der Waals surface area (Å²) < 4.78 is 5.40. The fourth-order valence-electron chi connectivity index (χ4n) is 2.99. The SMILES string of the molecule is Cc1ccc(C)c(C(C)NC(=O)/C(=C/c2ccco2)c2ccccc2)c1. The van der Waals surface area contributed by atoms with Crippen LogP contribution in [0.15, 0.2) is 71.3 Å². The molecule has 0 aliphatic carbocycles. The molecule has 0 fully saturated rings. The lowest BCUT2D eigenvalue weighted by Gasteiger charge is -2.18. The minimum Gasteiger partial charge on any atom is -0.465 e. The third-order valence-electron chi connectivity index (χ3n) is 4.41. The molecule has 1 atom stereocenters. The average molecular weight is 345 g/mol. The Hall–Kier alpha value is -3.07. The van der Waals surface area contributed by atoms with Crippen molar-refractivity contribution in [3.05, 3.63) is 94.9 Å². The van der Waals surface area contributed by atoms with Crippen molar-refractivity contribution in [2.24, 2.45) is 0 Å². The maximum absolute atomic E-state index is 13.0. The lowest BCUT2D eigenvalue weighted by molar-refractivity contribution is -0.116. The summed E-state index contributed by atoms with van der Waals surface area (Å²) in [5, 5.41) is 3.13. The van der Waals surface area contributed by atoms with Gasteiger partial charge in [-0.1, -0.05) is 54.1 Å². The van der Waals surface area contributed by atoms with E-state index in [4.69, 9.17) is 4.42 Å². The van der Waals surface area contributed by atoms with E-state index in [2.05, 4.69) is 37.4 Å². The first-order valence-electron chi connectivity index (χ1n) is 8.73. The Morgan fingerprint density at radius 3 is 2.50 bits per heavy atom. The number of nitrogens with one attached hydrogen (secondary N) is 1. The summed E-state index contributed by atoms with van der Waals surface area (Å²) in [5.74, 6) is 0.527. The van der Waals surface area contributed by atoms with Crippen LogP contribution in [0.3, 0.4) is 0 Å². The van der Waals surface area contributed by atoms with E-state index in [1.807, 2.05) is 49.4 Å². The number of rotatable bonds is 5. The van der Waals surface area contributed by atoms with Crippen molar-refractivity contribution in [1.82, 2.24) is 5.32 Å². The molecule has 3 aromatic rings. The summed E-state index contributed by atoms with van der Waals surface area (Å²) in [4.78, 5) is 13.0. The van der Waals surface area contributed by atoms with Gasteiger partial charge in [-0.2, -0.15) is 0 Å². The quantitative estimate of drug-likeness (QED) is 0.636. The van der Waals surface area contributed by atoms with Gasteiger partial charge in [0.2, 0.25) is 0 Å². The van der Waals surface area contributed by atoms with Crippen molar-refractivity contribution in [2.45, 2.75) is 26.8 Å². The van der Waals surface area contributed by atoms with Crippen LogP contribution in [0.2, 0.25) is 0 Å². The number of hydrogen-bond acceptors (Lipinski definition) is 2. The second-order valence-corrected chi connectivity index (χ2v) is 6.49. The van der Waals surface area contributed by atoms with Crippen molar-refractivity contribution in [2.75, 3.05) is 0 Å². The molecule has 3 rings (SSSR count). The Morgan fingerprint density at radius 1 is 1.04 bits per heavy atom. The van der Waals surface area contributed by atoms with Gasteiger partial charge in [-0.05, 0) is 55.7 Å². The molecule has 1 N–H and O–H groups in total. The average Bonchev–Trinajstić information content (AvgIpc) is 3.15. The molecule has 0 aliphatic rings. The van der Waals surface area contributed by atoms with Gasteiger partial charge in [-0.15, -0.1) is 0 Å². The molecular formula is C23H23NO2. The summed E-state index contributed by atoms with van der Waals surface area (Å²) in [6.07, 6.45) is 3.38. The molecule has 1 unspecified atom stereocenters. The van der Waals surface area contributed by atoms with Gasteiger partial charge in [0, 0.05) is 0 Å². The Morgan fingerprint density at radius 2 is 1.81 bits per heavy atom. The number of furan rings is 1. The summed E-state index contributed by atoms with van der Waals surface area (Å²) in [7, 11) is 0. The van der Waals surface area contributed by atoms with Crippen molar-refractivity contribution in [1.29, 1.82) is 0 Å². The van der Waals surface area contributed by atoms with Crippen LogP contribution in [-0.4, -0.2) is 5.91 Å². The number of hydrogen-bond donors (Lipinski definition) is 1. The van der Waals surface area contributed by atoms with E-state index in [9.17, 15) is 4.79 Å². The fraction of sp³-hybridized carbons (Fsp3) is 0.174. The smallest absolute Gasteiger partial charge is 0.252 e. The Labute approximate surface area is 154 Å². The number of aryl methyl sites for hydroxylation is 2. The summed E-state index contributed by atoms with van der Waals surface area (Å²) >= 11 is 0. The van der Waals surface area contributed by atoms with Gasteiger partial charge < -0.3 is 9.73 Å². The maximum Gasteiger partial charge on any atom is 0.252 e. The molecule has 26 heavy (non-hydrogen) atoms. The van der Waals surface area contributed by atoms with Gasteiger partial charge in [0.15, 0.2) is 0 Å². The Balaban J connectivity index is 1.90. The number of carbonyl (C=O) groups excluding carboxylic acids is 1. The lowest BCUT2D eigenvalue weighted by atomic mass is 9.98. The van der Waals surface area contributed by atoms with Gasteiger partial charge in [0.05, 0.1) is 17.9 Å². The molecule has 0 saturated carbocycles. The maximum atomic E-state index is 13.0. The highest BCUT2D eigenvalue weighted by molar-refractivity contribution is 6.24. The van der Waals surface area contributed by atoms with Crippen molar-refractivity contribution >= 4 is 17.6 Å². The second kappa shape index (κ2) is 7.87. The first-order chi connectivity index (χ1) is 12.5. The van der Waals surface area contributed by atoms with E-state index in [0.29, 0.717) is 11.3 Å². The topological polar surface area (TPSA) is 42.2 Å². The van der Waals surface area contributed by atoms with Crippen LogP contribution in [0.1, 0.15) is 41.0 Å².